The fraction of sp³-hybridized carbons (Fsp3) is 0.263. The number of hydrogen-bond donors (Lipinski definition) is 2. The second-order valence-electron chi connectivity index (χ2n) is 6.70. The monoisotopic (exact) mass is 371 g/mol. The van der Waals surface area contributed by atoms with Crippen molar-refractivity contribution in [2.24, 2.45) is 0 Å². The van der Waals surface area contributed by atoms with Gasteiger partial charge in [0.2, 0.25) is 0 Å². The van der Waals surface area contributed by atoms with E-state index in [4.69, 9.17) is 0 Å². The number of halogens is 2. The number of anilines is 2. The Balaban J connectivity index is 1.59. The van der Waals surface area contributed by atoms with Gasteiger partial charge in [0.25, 0.3) is 5.91 Å². The number of fused-ring (bicyclic) bond motifs is 1. The van der Waals surface area contributed by atoms with E-state index in [0.717, 1.165) is 30.1 Å². The number of H-pyrrole nitrogens is 1. The molecule has 1 amide bonds. The number of benzene rings is 2. The molecule has 0 aliphatic carbocycles. The molecule has 1 aliphatic heterocycles. The summed E-state index contributed by atoms with van der Waals surface area (Å²) in [6.07, 6.45) is 1.63. The molecule has 0 unspecified atom stereocenters. The number of piperazine rings is 1. The Kier molecular flexibility index (Phi) is 4.49. The summed E-state index contributed by atoms with van der Waals surface area (Å²) in [6.45, 7) is 2.81. The van der Waals surface area contributed by atoms with E-state index in [0.29, 0.717) is 18.8 Å². The van der Waals surface area contributed by atoms with Gasteiger partial charge in [0.1, 0.15) is 11.6 Å². The summed E-state index contributed by atoms with van der Waals surface area (Å²) in [7, 11) is 1.99. The zero-order valence-electron chi connectivity index (χ0n) is 14.8. The normalized spacial score (nSPS) is 15.3. The minimum Gasteiger partial charge on any atom is -0.367 e. The molecule has 1 fully saturated rings. The topological polar surface area (TPSA) is 64.3 Å². The van der Waals surface area contributed by atoms with Crippen molar-refractivity contribution in [2.75, 3.05) is 43.4 Å². The molecule has 8 heteroatoms. The molecule has 140 valence electrons. The third-order valence-electron chi connectivity index (χ3n) is 4.82. The number of carbonyl (C=O) groups is 1. The zero-order valence-corrected chi connectivity index (χ0v) is 14.8. The maximum atomic E-state index is 14.3. The minimum atomic E-state index is -0.882. The van der Waals surface area contributed by atoms with E-state index in [1.54, 1.807) is 24.4 Å². The highest BCUT2D eigenvalue weighted by atomic mass is 19.1. The standard InChI is InChI=1S/C19H19F2N5O/c1-25-4-6-26(7-5-25)18-9-14(15(20)10-16(18)21)19(27)23-13-2-3-17-12(8-13)11-22-24-17/h2-3,8-11H,4-7H2,1H3,(H,22,24)(H,23,27). The van der Waals surface area contributed by atoms with Crippen LogP contribution in [0.25, 0.3) is 10.9 Å². The van der Waals surface area contributed by atoms with Gasteiger partial charge in [-0.05, 0) is 31.3 Å². The summed E-state index contributed by atoms with van der Waals surface area (Å²) in [6, 6.07) is 7.28. The molecule has 0 spiro atoms. The molecule has 3 aromatic rings. The van der Waals surface area contributed by atoms with Crippen LogP contribution in [0.1, 0.15) is 10.4 Å². The summed E-state index contributed by atoms with van der Waals surface area (Å²) in [5.74, 6) is -2.16. The molecule has 27 heavy (non-hydrogen) atoms. The van der Waals surface area contributed by atoms with Crippen molar-refractivity contribution in [1.82, 2.24) is 15.1 Å². The molecule has 2 heterocycles. The highest BCUT2D eigenvalue weighted by Crippen LogP contribution is 2.25. The van der Waals surface area contributed by atoms with Crippen LogP contribution in [0.15, 0.2) is 36.5 Å². The van der Waals surface area contributed by atoms with Gasteiger partial charge in [-0.2, -0.15) is 5.10 Å². The van der Waals surface area contributed by atoms with Crippen molar-refractivity contribution in [1.29, 1.82) is 0 Å². The van der Waals surface area contributed by atoms with Crippen LogP contribution in [-0.2, 0) is 0 Å². The third-order valence-corrected chi connectivity index (χ3v) is 4.82. The number of carbonyl (C=O) groups excluding carboxylic acids is 1. The number of nitrogens with one attached hydrogen (secondary N) is 2. The molecule has 1 aliphatic rings. The highest BCUT2D eigenvalue weighted by Gasteiger charge is 2.22. The Morgan fingerprint density at radius 2 is 1.89 bits per heavy atom. The smallest absolute Gasteiger partial charge is 0.258 e. The maximum Gasteiger partial charge on any atom is 0.258 e. The van der Waals surface area contributed by atoms with Crippen molar-refractivity contribution in [3.05, 3.63) is 53.7 Å². The zero-order chi connectivity index (χ0) is 19.0. The van der Waals surface area contributed by atoms with Crippen molar-refractivity contribution in [2.45, 2.75) is 0 Å². The van der Waals surface area contributed by atoms with Gasteiger partial charge in [-0.1, -0.05) is 0 Å². The Morgan fingerprint density at radius 1 is 1.11 bits per heavy atom. The van der Waals surface area contributed by atoms with Gasteiger partial charge in [-0.3, -0.25) is 9.89 Å². The quantitative estimate of drug-likeness (QED) is 0.743. The van der Waals surface area contributed by atoms with E-state index in [9.17, 15) is 13.6 Å². The maximum absolute atomic E-state index is 14.3. The molecule has 0 saturated carbocycles. The Morgan fingerprint density at radius 3 is 2.67 bits per heavy atom. The van der Waals surface area contributed by atoms with E-state index in [2.05, 4.69) is 20.4 Å². The lowest BCUT2D eigenvalue weighted by molar-refractivity contribution is 0.102. The van der Waals surface area contributed by atoms with Crippen LogP contribution in [0.3, 0.4) is 0 Å². The van der Waals surface area contributed by atoms with Crippen LogP contribution in [-0.4, -0.2) is 54.2 Å². The molecule has 1 aromatic heterocycles. The number of aromatic amines is 1. The number of hydrogen-bond acceptors (Lipinski definition) is 4. The largest absolute Gasteiger partial charge is 0.367 e. The number of aromatic nitrogens is 2. The van der Waals surface area contributed by atoms with Crippen molar-refractivity contribution in [3.8, 4) is 0 Å². The predicted octanol–water partition coefficient (Wildman–Crippen LogP) is 2.85. The van der Waals surface area contributed by atoms with Crippen LogP contribution in [0.2, 0.25) is 0 Å². The van der Waals surface area contributed by atoms with Gasteiger partial charge >= 0.3 is 0 Å². The lowest BCUT2D eigenvalue weighted by Crippen LogP contribution is -2.44. The van der Waals surface area contributed by atoms with E-state index in [-0.39, 0.29) is 11.3 Å². The van der Waals surface area contributed by atoms with Crippen LogP contribution in [0, 0.1) is 11.6 Å². The Labute approximate surface area is 154 Å². The van der Waals surface area contributed by atoms with Gasteiger partial charge < -0.3 is 15.1 Å². The Bertz CT molecular complexity index is 995. The van der Waals surface area contributed by atoms with Crippen LogP contribution >= 0.6 is 0 Å². The van der Waals surface area contributed by atoms with Crippen molar-refractivity contribution < 1.29 is 13.6 Å². The molecular weight excluding hydrogens is 352 g/mol. The molecule has 2 N–H and O–H groups in total. The van der Waals surface area contributed by atoms with Gasteiger partial charge in [0.05, 0.1) is 23.0 Å². The summed E-state index contributed by atoms with van der Waals surface area (Å²) in [5.41, 5.74) is 1.41. The molecule has 1 saturated heterocycles. The minimum absolute atomic E-state index is 0.183. The molecule has 2 aromatic carbocycles. The van der Waals surface area contributed by atoms with E-state index >= 15 is 0 Å². The van der Waals surface area contributed by atoms with Gasteiger partial charge in [-0.15, -0.1) is 0 Å². The second-order valence-corrected chi connectivity index (χ2v) is 6.70. The molecule has 0 bridgehead atoms. The average molecular weight is 371 g/mol. The number of amides is 1. The summed E-state index contributed by atoms with van der Waals surface area (Å²) in [4.78, 5) is 16.6. The molecule has 4 rings (SSSR count). The predicted molar refractivity (Wildman–Crippen MR) is 100 cm³/mol. The van der Waals surface area contributed by atoms with Gasteiger partial charge in [0, 0.05) is 43.3 Å². The lowest BCUT2D eigenvalue weighted by Gasteiger charge is -2.34. The Hall–Kier alpha value is -3.00. The second kappa shape index (κ2) is 6.96. The first kappa shape index (κ1) is 17.4. The first-order valence-electron chi connectivity index (χ1n) is 8.68. The first-order valence-corrected chi connectivity index (χ1v) is 8.68. The first-order chi connectivity index (χ1) is 13.0. The van der Waals surface area contributed by atoms with Crippen molar-refractivity contribution in [3.63, 3.8) is 0 Å². The van der Waals surface area contributed by atoms with Gasteiger partial charge in [-0.25, -0.2) is 8.78 Å². The third kappa shape index (κ3) is 3.48. The fourth-order valence-electron chi connectivity index (χ4n) is 3.22. The molecule has 0 atom stereocenters. The van der Waals surface area contributed by atoms with Crippen LogP contribution < -0.4 is 10.2 Å². The average Bonchev–Trinajstić information content (AvgIpc) is 3.10. The van der Waals surface area contributed by atoms with E-state index < -0.39 is 17.5 Å². The number of likely N-dealkylation sites (N-methyl/N-ethyl adjacent to an activating group) is 1. The van der Waals surface area contributed by atoms with Crippen molar-refractivity contribution >= 4 is 28.2 Å². The molecule has 0 radical (unpaired) electrons. The summed E-state index contributed by atoms with van der Waals surface area (Å²) >= 11 is 0. The number of rotatable bonds is 3. The van der Waals surface area contributed by atoms with Crippen LogP contribution in [0.5, 0.6) is 0 Å². The number of nitrogens with zero attached hydrogens (tertiary/aromatic N) is 3. The highest BCUT2D eigenvalue weighted by molar-refractivity contribution is 6.05. The van der Waals surface area contributed by atoms with E-state index in [1.165, 1.54) is 6.07 Å². The fourth-order valence-corrected chi connectivity index (χ4v) is 3.22. The SMILES string of the molecule is CN1CCN(c2cc(C(=O)Nc3ccc4[nH]ncc4c3)c(F)cc2F)CC1. The van der Waals surface area contributed by atoms with Gasteiger partial charge in [0.15, 0.2) is 0 Å². The van der Waals surface area contributed by atoms with Crippen LogP contribution in [0.4, 0.5) is 20.2 Å². The van der Waals surface area contributed by atoms with E-state index in [1.807, 2.05) is 11.9 Å². The summed E-state index contributed by atoms with van der Waals surface area (Å²) < 4.78 is 28.6. The molecule has 6 nitrogen and oxygen atoms in total. The lowest BCUT2D eigenvalue weighted by atomic mass is 10.1. The molecular formula is C19H19F2N5O. The summed E-state index contributed by atoms with van der Waals surface area (Å²) in [5, 5.41) is 10.2.